The van der Waals surface area contributed by atoms with Crippen LogP contribution in [0.4, 0.5) is 0 Å². The van der Waals surface area contributed by atoms with Gasteiger partial charge in [-0.1, -0.05) is 0 Å². The van der Waals surface area contributed by atoms with Crippen molar-refractivity contribution in [2.24, 2.45) is 0 Å². The van der Waals surface area contributed by atoms with E-state index < -0.39 is 5.97 Å². The van der Waals surface area contributed by atoms with E-state index in [0.29, 0.717) is 0 Å². The molecule has 0 saturated carbocycles. The Bertz CT molecular complexity index is 135. The molecular formula is C5H4O3. The second-order valence-electron chi connectivity index (χ2n) is 1.23. The SMILES string of the molecule is C/C(=C/[C]=O)C([O])=O. The molecule has 0 unspecified atom stereocenters. The van der Waals surface area contributed by atoms with E-state index in [1.165, 1.54) is 13.2 Å². The maximum atomic E-state index is 9.73. The van der Waals surface area contributed by atoms with E-state index in [2.05, 4.69) is 0 Å². The first-order valence-corrected chi connectivity index (χ1v) is 1.94. The zero-order chi connectivity index (χ0) is 6.57. The Balaban J connectivity index is 3.99. The molecule has 0 fully saturated rings. The highest BCUT2D eigenvalue weighted by Crippen LogP contribution is 1.87. The summed E-state index contributed by atoms with van der Waals surface area (Å²) >= 11 is 0. The summed E-state index contributed by atoms with van der Waals surface area (Å²) in [7, 11) is 0. The second kappa shape index (κ2) is 2.96. The van der Waals surface area contributed by atoms with E-state index in [1.54, 1.807) is 0 Å². The van der Waals surface area contributed by atoms with Crippen LogP contribution in [0.5, 0.6) is 0 Å². The standard InChI is InChI=1S/C5H4O3/c1-4(2-3-6)5(7)8/h2H,1H3/b4-2-. The maximum Gasteiger partial charge on any atom is 0.382 e. The number of rotatable bonds is 2. The summed E-state index contributed by atoms with van der Waals surface area (Å²) in [6, 6.07) is 0. The molecule has 0 aromatic rings. The molecule has 2 radical (unpaired) electrons. The van der Waals surface area contributed by atoms with Crippen LogP contribution in [0.1, 0.15) is 6.92 Å². The molecule has 42 valence electrons. The van der Waals surface area contributed by atoms with Gasteiger partial charge in [0.25, 0.3) is 0 Å². The van der Waals surface area contributed by atoms with E-state index in [4.69, 9.17) is 0 Å². The van der Waals surface area contributed by atoms with Crippen LogP contribution in [0.2, 0.25) is 0 Å². The Morgan fingerprint density at radius 3 is 2.25 bits per heavy atom. The topological polar surface area (TPSA) is 54.0 Å². The summed E-state index contributed by atoms with van der Waals surface area (Å²) in [4.78, 5) is 19.2. The number of allylic oxidation sites excluding steroid dienone is 1. The monoisotopic (exact) mass is 112 g/mol. The zero-order valence-corrected chi connectivity index (χ0v) is 4.30. The molecule has 0 aliphatic rings. The highest BCUT2D eigenvalue weighted by atomic mass is 16.4. The Morgan fingerprint density at radius 2 is 2.12 bits per heavy atom. The molecule has 0 heterocycles. The fraction of sp³-hybridized carbons (Fsp3) is 0.200. The maximum absolute atomic E-state index is 9.73. The van der Waals surface area contributed by atoms with Crippen LogP contribution in [0.25, 0.3) is 0 Å². The van der Waals surface area contributed by atoms with Crippen molar-refractivity contribution in [3.05, 3.63) is 11.6 Å². The van der Waals surface area contributed by atoms with Crippen molar-refractivity contribution in [1.29, 1.82) is 0 Å². The third-order valence-corrected chi connectivity index (χ3v) is 0.597. The number of hydrogen-bond acceptors (Lipinski definition) is 2. The van der Waals surface area contributed by atoms with Crippen molar-refractivity contribution in [3.8, 4) is 0 Å². The minimum Gasteiger partial charge on any atom is -0.286 e. The lowest BCUT2D eigenvalue weighted by Crippen LogP contribution is -1.93. The lowest BCUT2D eigenvalue weighted by molar-refractivity contribution is -0.138. The Kier molecular flexibility index (Phi) is 2.54. The van der Waals surface area contributed by atoms with Gasteiger partial charge in [-0.15, -0.1) is 0 Å². The van der Waals surface area contributed by atoms with E-state index >= 15 is 0 Å². The summed E-state index contributed by atoms with van der Waals surface area (Å²) in [6.45, 7) is 1.26. The largest absolute Gasteiger partial charge is 0.382 e. The van der Waals surface area contributed by atoms with Gasteiger partial charge in [0.1, 0.15) is 0 Å². The van der Waals surface area contributed by atoms with E-state index in [-0.39, 0.29) is 5.57 Å². The molecule has 0 saturated heterocycles. The van der Waals surface area contributed by atoms with E-state index in [1.807, 2.05) is 0 Å². The van der Waals surface area contributed by atoms with Crippen LogP contribution in [-0.4, -0.2) is 12.3 Å². The molecule has 0 aliphatic heterocycles. The van der Waals surface area contributed by atoms with Gasteiger partial charge in [-0.25, -0.2) is 9.90 Å². The Hall–Kier alpha value is -1.12. The highest BCUT2D eigenvalue weighted by Gasteiger charge is 1.99. The lowest BCUT2D eigenvalue weighted by Gasteiger charge is -1.78. The number of hydrogen-bond donors (Lipinski definition) is 0. The molecule has 0 N–H and O–H groups in total. The average molecular weight is 112 g/mol. The van der Waals surface area contributed by atoms with Crippen molar-refractivity contribution in [2.45, 2.75) is 6.92 Å². The molecule has 0 aliphatic carbocycles. The molecule has 0 aromatic heterocycles. The van der Waals surface area contributed by atoms with Gasteiger partial charge in [-0.3, -0.25) is 4.79 Å². The summed E-state index contributed by atoms with van der Waals surface area (Å²) in [6.07, 6.45) is 2.13. The molecule has 8 heavy (non-hydrogen) atoms. The molecule has 0 atom stereocenters. The summed E-state index contributed by atoms with van der Waals surface area (Å²) < 4.78 is 0. The molecule has 3 heteroatoms. The quantitative estimate of drug-likeness (QED) is 0.472. The molecule has 0 spiro atoms. The van der Waals surface area contributed by atoms with Crippen LogP contribution in [0.3, 0.4) is 0 Å². The van der Waals surface area contributed by atoms with Crippen LogP contribution in [0.15, 0.2) is 11.6 Å². The fourth-order valence-electron chi connectivity index (χ4n) is 0.147. The molecule has 3 nitrogen and oxygen atoms in total. The van der Waals surface area contributed by atoms with Crippen LogP contribution < -0.4 is 0 Å². The van der Waals surface area contributed by atoms with E-state index in [9.17, 15) is 14.7 Å². The predicted molar refractivity (Wildman–Crippen MR) is 25.1 cm³/mol. The van der Waals surface area contributed by atoms with Gasteiger partial charge >= 0.3 is 5.97 Å². The Labute approximate surface area is 46.6 Å². The summed E-state index contributed by atoms with van der Waals surface area (Å²) in [5.41, 5.74) is -0.111. The van der Waals surface area contributed by atoms with Crippen molar-refractivity contribution in [3.63, 3.8) is 0 Å². The summed E-state index contributed by atoms with van der Waals surface area (Å²) in [5, 5.41) is 9.73. The number of carbonyl (C=O) groups excluding carboxylic acids is 2. The van der Waals surface area contributed by atoms with Crippen molar-refractivity contribution >= 4 is 12.3 Å². The van der Waals surface area contributed by atoms with Gasteiger partial charge in [0.05, 0.1) is 0 Å². The highest BCUT2D eigenvalue weighted by molar-refractivity contribution is 5.90. The lowest BCUT2D eigenvalue weighted by atomic mass is 10.3. The van der Waals surface area contributed by atoms with Gasteiger partial charge in [-0.05, 0) is 13.0 Å². The molecule has 0 aromatic carbocycles. The third-order valence-electron chi connectivity index (χ3n) is 0.597. The fourth-order valence-corrected chi connectivity index (χ4v) is 0.147. The van der Waals surface area contributed by atoms with E-state index in [0.717, 1.165) is 6.08 Å². The van der Waals surface area contributed by atoms with Crippen LogP contribution in [0, 0.1) is 0 Å². The van der Waals surface area contributed by atoms with Crippen molar-refractivity contribution in [2.75, 3.05) is 0 Å². The van der Waals surface area contributed by atoms with Gasteiger partial charge in [-0.2, -0.15) is 0 Å². The third kappa shape index (κ3) is 2.12. The number of carbonyl (C=O) groups is 1. The molecule has 0 amide bonds. The first-order chi connectivity index (χ1) is 3.68. The molecule has 0 bridgehead atoms. The molecule has 0 rings (SSSR count). The zero-order valence-electron chi connectivity index (χ0n) is 4.30. The van der Waals surface area contributed by atoms with Crippen molar-refractivity contribution < 1.29 is 14.7 Å². The Morgan fingerprint density at radius 1 is 1.62 bits per heavy atom. The normalized spacial score (nSPS) is 10.9. The minimum atomic E-state index is -1.34. The van der Waals surface area contributed by atoms with Gasteiger partial charge < -0.3 is 0 Å². The first kappa shape index (κ1) is 6.88. The van der Waals surface area contributed by atoms with Gasteiger partial charge in [0.2, 0.25) is 6.29 Å². The first-order valence-electron chi connectivity index (χ1n) is 1.94. The molecular weight excluding hydrogens is 108 g/mol. The van der Waals surface area contributed by atoms with Gasteiger partial charge in [0, 0.05) is 5.57 Å². The smallest absolute Gasteiger partial charge is 0.286 e. The predicted octanol–water partition coefficient (Wildman–Crippen LogP) is -0.000500. The summed E-state index contributed by atoms with van der Waals surface area (Å²) in [5.74, 6) is -1.34. The second-order valence-corrected chi connectivity index (χ2v) is 1.23. The van der Waals surface area contributed by atoms with Crippen LogP contribution >= 0.6 is 0 Å². The van der Waals surface area contributed by atoms with Crippen LogP contribution in [-0.2, 0) is 14.7 Å². The van der Waals surface area contributed by atoms with Gasteiger partial charge in [0.15, 0.2) is 0 Å². The van der Waals surface area contributed by atoms with Crippen molar-refractivity contribution in [1.82, 2.24) is 0 Å². The average Bonchev–Trinajstić information content (AvgIpc) is 1.67. The minimum absolute atomic E-state index is 0.111.